The van der Waals surface area contributed by atoms with Gasteiger partial charge < -0.3 is 15.2 Å². The molecule has 5 nitrogen and oxygen atoms in total. The van der Waals surface area contributed by atoms with Crippen LogP contribution < -0.4 is 15.2 Å². The molecule has 0 saturated heterocycles. The van der Waals surface area contributed by atoms with Crippen LogP contribution in [0.1, 0.15) is 84.6 Å². The highest BCUT2D eigenvalue weighted by molar-refractivity contribution is 5.92. The molecule has 5 rings (SSSR count). The number of nitrogens with two attached hydrogens (primary N) is 1. The minimum atomic E-state index is -0.248. The largest absolute Gasteiger partial charge is 0.493 e. The molecule has 0 heterocycles. The van der Waals surface area contributed by atoms with E-state index in [9.17, 15) is 4.79 Å². The van der Waals surface area contributed by atoms with Crippen molar-refractivity contribution >= 4 is 5.78 Å². The smallest absolute Gasteiger partial charge is 0.161 e. The van der Waals surface area contributed by atoms with Gasteiger partial charge in [-0.15, -0.1) is 0 Å². The molecule has 5 heteroatoms. The van der Waals surface area contributed by atoms with E-state index in [1.54, 1.807) is 7.11 Å². The number of fused-ring (bicyclic) bond motifs is 5. The van der Waals surface area contributed by atoms with Gasteiger partial charge in [-0.3, -0.25) is 9.69 Å². The molecule has 0 aromatic heterocycles. The van der Waals surface area contributed by atoms with E-state index in [4.69, 9.17) is 15.2 Å². The highest BCUT2D eigenvalue weighted by Crippen LogP contribution is 2.65. The molecule has 2 N–H and O–H groups in total. The van der Waals surface area contributed by atoms with Gasteiger partial charge in [0.1, 0.15) is 0 Å². The molecule has 210 valence electrons. The number of carbonyl (C=O) groups excluding carboxylic acids is 1. The lowest BCUT2D eigenvalue weighted by molar-refractivity contribution is -0.116. The minimum Gasteiger partial charge on any atom is -0.493 e. The van der Waals surface area contributed by atoms with Crippen LogP contribution in [0.2, 0.25) is 0 Å². The first-order chi connectivity index (χ1) is 18.2. The predicted molar refractivity (Wildman–Crippen MR) is 153 cm³/mol. The third-order valence-corrected chi connectivity index (χ3v) is 11.4. The van der Waals surface area contributed by atoms with Gasteiger partial charge in [-0.2, -0.15) is 0 Å². The van der Waals surface area contributed by atoms with Crippen molar-refractivity contribution in [3.8, 4) is 11.5 Å². The molecule has 4 aliphatic rings. The number of methoxy groups -OCH3 is 1. The van der Waals surface area contributed by atoms with Crippen LogP contribution in [0.5, 0.6) is 11.5 Å². The molecule has 4 aliphatic carbocycles. The van der Waals surface area contributed by atoms with Crippen molar-refractivity contribution in [3.63, 3.8) is 0 Å². The van der Waals surface area contributed by atoms with Gasteiger partial charge in [-0.25, -0.2) is 0 Å². The summed E-state index contributed by atoms with van der Waals surface area (Å²) in [5.41, 5.74) is 9.81. The number of nitrogens with zero attached hydrogens (tertiary/aromatic N) is 1. The molecule has 1 aromatic carbocycles. The number of rotatable bonds is 9. The summed E-state index contributed by atoms with van der Waals surface area (Å²) in [7, 11) is 1.74. The Labute approximate surface area is 230 Å². The Morgan fingerprint density at radius 1 is 1.08 bits per heavy atom. The van der Waals surface area contributed by atoms with Crippen LogP contribution >= 0.6 is 0 Å². The van der Waals surface area contributed by atoms with Gasteiger partial charge in [0.25, 0.3) is 0 Å². The minimum absolute atomic E-state index is 0.248. The third kappa shape index (κ3) is 4.83. The molecule has 6 unspecified atom stereocenters. The molecular weight excluding hydrogens is 472 g/mol. The summed E-state index contributed by atoms with van der Waals surface area (Å²) < 4.78 is 12.1. The molecule has 0 aliphatic heterocycles. The highest BCUT2D eigenvalue weighted by atomic mass is 16.5. The van der Waals surface area contributed by atoms with Gasteiger partial charge >= 0.3 is 0 Å². The van der Waals surface area contributed by atoms with Crippen molar-refractivity contribution in [1.82, 2.24) is 4.90 Å². The van der Waals surface area contributed by atoms with Gasteiger partial charge in [-0.05, 0) is 122 Å². The molecule has 0 amide bonds. The van der Waals surface area contributed by atoms with Gasteiger partial charge in [0.05, 0.1) is 13.7 Å². The number of ether oxygens (including phenoxy) is 2. The summed E-state index contributed by atoms with van der Waals surface area (Å²) in [6.45, 7) is 13.2. The second kappa shape index (κ2) is 11.0. The number of benzene rings is 1. The standard InChI is InChI=1S/C33H50N2O3/c1-6-35(7-2)21-23-8-11-29(30(19-23)37-5)38-17-14-24-9-10-27-31-22(3)18-25-20-26(36)12-16-33(25,34)28(31)13-15-32(24,27)4/h8,11,19-20,22,24,27-28,31H,6-7,9-10,12-18,21,34H2,1-5H3/t22-,24?,27?,28?,31?,32?,33?/m1/s1. The fourth-order valence-corrected chi connectivity index (χ4v) is 9.17. The lowest BCUT2D eigenvalue weighted by Crippen LogP contribution is -2.61. The van der Waals surface area contributed by atoms with Crippen LogP contribution in [0.4, 0.5) is 0 Å². The number of hydrogen-bond donors (Lipinski definition) is 1. The molecule has 1 aromatic rings. The monoisotopic (exact) mass is 522 g/mol. The normalized spacial score (nSPS) is 36.3. The van der Waals surface area contributed by atoms with Crippen LogP contribution in [0.15, 0.2) is 29.8 Å². The van der Waals surface area contributed by atoms with Crippen LogP contribution in [0.25, 0.3) is 0 Å². The number of hydrogen-bond acceptors (Lipinski definition) is 5. The molecular formula is C33H50N2O3. The average molecular weight is 523 g/mol. The maximum atomic E-state index is 12.2. The van der Waals surface area contributed by atoms with Crippen molar-refractivity contribution in [2.24, 2.45) is 40.7 Å². The Morgan fingerprint density at radius 2 is 1.87 bits per heavy atom. The molecule has 0 spiro atoms. The Bertz CT molecular complexity index is 1050. The number of carbonyl (C=O) groups is 1. The number of ketones is 1. The second-order valence-electron chi connectivity index (χ2n) is 13.1. The van der Waals surface area contributed by atoms with Gasteiger partial charge in [0.15, 0.2) is 17.3 Å². The van der Waals surface area contributed by atoms with Crippen LogP contribution in [-0.2, 0) is 11.3 Å². The van der Waals surface area contributed by atoms with Crippen LogP contribution in [0, 0.1) is 35.0 Å². The Morgan fingerprint density at radius 3 is 2.61 bits per heavy atom. The molecule has 0 bridgehead atoms. The van der Waals surface area contributed by atoms with Crippen LogP contribution in [0.3, 0.4) is 0 Å². The first kappa shape index (κ1) is 27.7. The van der Waals surface area contributed by atoms with E-state index in [-0.39, 0.29) is 11.3 Å². The summed E-state index contributed by atoms with van der Waals surface area (Å²) in [5.74, 6) is 5.20. The van der Waals surface area contributed by atoms with Crippen molar-refractivity contribution in [1.29, 1.82) is 0 Å². The van der Waals surface area contributed by atoms with E-state index >= 15 is 0 Å². The van der Waals surface area contributed by atoms with Crippen molar-refractivity contribution in [2.75, 3.05) is 26.8 Å². The van der Waals surface area contributed by atoms with E-state index < -0.39 is 0 Å². The molecule has 0 radical (unpaired) electrons. The fourth-order valence-electron chi connectivity index (χ4n) is 9.17. The zero-order chi connectivity index (χ0) is 27.1. The average Bonchev–Trinajstić information content (AvgIpc) is 3.25. The SMILES string of the molecule is CCN(CC)Cc1ccc(OCCC2CCC3C4C(CCC23C)C2(N)CCC(=O)C=C2C[C@H]4C)c(OC)c1. The first-order valence-electron chi connectivity index (χ1n) is 15.3. The van der Waals surface area contributed by atoms with E-state index in [0.29, 0.717) is 35.5 Å². The lowest BCUT2D eigenvalue weighted by Gasteiger charge is -2.60. The maximum absolute atomic E-state index is 12.2. The zero-order valence-electron chi connectivity index (χ0n) is 24.4. The van der Waals surface area contributed by atoms with Crippen molar-refractivity contribution in [2.45, 2.75) is 91.1 Å². The molecule has 3 saturated carbocycles. The molecule has 38 heavy (non-hydrogen) atoms. The third-order valence-electron chi connectivity index (χ3n) is 11.4. The summed E-state index contributed by atoms with van der Waals surface area (Å²) in [6.07, 6.45) is 10.5. The van der Waals surface area contributed by atoms with E-state index in [1.807, 2.05) is 6.08 Å². The quantitative estimate of drug-likeness (QED) is 0.407. The maximum Gasteiger partial charge on any atom is 0.161 e. The fraction of sp³-hybridized carbons (Fsp3) is 0.727. The van der Waals surface area contributed by atoms with E-state index in [2.05, 4.69) is 50.8 Å². The lowest BCUT2D eigenvalue weighted by atomic mass is 9.47. The van der Waals surface area contributed by atoms with Gasteiger partial charge in [0, 0.05) is 18.5 Å². The summed E-state index contributed by atoms with van der Waals surface area (Å²) >= 11 is 0. The second-order valence-corrected chi connectivity index (χ2v) is 13.1. The van der Waals surface area contributed by atoms with Gasteiger partial charge in [-0.1, -0.05) is 33.8 Å². The van der Waals surface area contributed by atoms with E-state index in [0.717, 1.165) is 62.9 Å². The Kier molecular flexibility index (Phi) is 7.99. The van der Waals surface area contributed by atoms with Crippen molar-refractivity contribution < 1.29 is 14.3 Å². The van der Waals surface area contributed by atoms with Crippen LogP contribution in [-0.4, -0.2) is 43.0 Å². The van der Waals surface area contributed by atoms with Crippen molar-refractivity contribution in [3.05, 3.63) is 35.4 Å². The van der Waals surface area contributed by atoms with Gasteiger partial charge in [0.2, 0.25) is 0 Å². The summed E-state index contributed by atoms with van der Waals surface area (Å²) in [5, 5.41) is 0. The first-order valence-corrected chi connectivity index (χ1v) is 15.3. The summed E-state index contributed by atoms with van der Waals surface area (Å²) in [4.78, 5) is 14.6. The molecule has 3 fully saturated rings. The Balaban J connectivity index is 1.24. The highest BCUT2D eigenvalue weighted by Gasteiger charge is 2.60. The Hall–Kier alpha value is -1.85. The summed E-state index contributed by atoms with van der Waals surface area (Å²) in [6, 6.07) is 6.40. The molecule has 7 atom stereocenters. The topological polar surface area (TPSA) is 64.8 Å². The predicted octanol–water partition coefficient (Wildman–Crippen LogP) is 6.39. The zero-order valence-corrected chi connectivity index (χ0v) is 24.4. The van der Waals surface area contributed by atoms with E-state index in [1.165, 1.54) is 36.8 Å².